The second kappa shape index (κ2) is 8.10. The van der Waals surface area contributed by atoms with Crippen LogP contribution in [0.15, 0.2) is 60.8 Å². The summed E-state index contributed by atoms with van der Waals surface area (Å²) < 4.78 is 19.0. The van der Waals surface area contributed by atoms with Crippen LogP contribution in [0.3, 0.4) is 0 Å². The van der Waals surface area contributed by atoms with Gasteiger partial charge in [-0.25, -0.2) is 0 Å². The molecule has 0 N–H and O–H groups in total. The van der Waals surface area contributed by atoms with Crippen molar-refractivity contribution in [3.05, 3.63) is 76.5 Å². The van der Waals surface area contributed by atoms with Crippen molar-refractivity contribution in [2.24, 2.45) is 0 Å². The average molecular weight is 381 g/mol. The summed E-state index contributed by atoms with van der Waals surface area (Å²) in [5.74, 6) is 1.32. The molecule has 1 atom stereocenters. The van der Waals surface area contributed by atoms with Gasteiger partial charge in [0.25, 0.3) is 0 Å². The lowest BCUT2D eigenvalue weighted by atomic mass is 10.2. The van der Waals surface area contributed by atoms with Crippen LogP contribution in [0.2, 0.25) is 0 Å². The van der Waals surface area contributed by atoms with E-state index in [1.807, 2.05) is 54.6 Å². The lowest BCUT2D eigenvalue weighted by Gasteiger charge is -2.22. The van der Waals surface area contributed by atoms with Crippen molar-refractivity contribution in [3.63, 3.8) is 0 Å². The highest BCUT2D eigenvalue weighted by Crippen LogP contribution is 2.25. The van der Waals surface area contributed by atoms with E-state index in [0.717, 1.165) is 17.1 Å². The molecule has 0 unspecified atom stereocenters. The first-order valence-electron chi connectivity index (χ1n) is 8.95. The van der Waals surface area contributed by atoms with Crippen LogP contribution in [0.25, 0.3) is 0 Å². The molecule has 0 fully saturated rings. The number of fused-ring (bicyclic) bond motifs is 1. The summed E-state index contributed by atoms with van der Waals surface area (Å²) >= 11 is 0. The summed E-state index contributed by atoms with van der Waals surface area (Å²) in [7, 11) is 0. The van der Waals surface area contributed by atoms with E-state index in [1.165, 1.54) is 6.20 Å². The quantitative estimate of drug-likeness (QED) is 0.455. The SMILES string of the molecule is O=[N+]([O-])c1cn2c(n1)O[C@@H](COCc1cccc(Oc3ccccc3)c1)CC2. The van der Waals surface area contributed by atoms with Gasteiger partial charge in [-0.15, -0.1) is 0 Å². The highest BCUT2D eigenvalue weighted by atomic mass is 16.6. The fourth-order valence-corrected chi connectivity index (χ4v) is 2.97. The predicted molar refractivity (Wildman–Crippen MR) is 101 cm³/mol. The van der Waals surface area contributed by atoms with E-state index in [1.54, 1.807) is 4.57 Å². The van der Waals surface area contributed by atoms with Gasteiger partial charge >= 0.3 is 11.8 Å². The lowest BCUT2D eigenvalue weighted by Crippen LogP contribution is -2.30. The first kappa shape index (κ1) is 18.0. The number of nitro groups is 1. The van der Waals surface area contributed by atoms with E-state index in [4.69, 9.17) is 14.2 Å². The number of para-hydroxylation sites is 1. The molecule has 0 aliphatic carbocycles. The summed E-state index contributed by atoms with van der Waals surface area (Å²) in [6.45, 7) is 1.41. The van der Waals surface area contributed by atoms with Crippen molar-refractivity contribution in [1.29, 1.82) is 0 Å². The van der Waals surface area contributed by atoms with Crippen molar-refractivity contribution < 1.29 is 19.1 Å². The topological polar surface area (TPSA) is 88.7 Å². The minimum absolute atomic E-state index is 0.182. The molecule has 0 amide bonds. The standard InChI is InChI=1S/C20H19N3O5/c24-23(25)19-12-22-10-9-18(28-20(22)21-19)14-26-13-15-5-4-8-17(11-15)27-16-6-2-1-3-7-16/h1-8,11-12,18H,9-10,13-14H2/t18-/m1/s1. The normalized spacial score (nSPS) is 15.5. The van der Waals surface area contributed by atoms with Gasteiger partial charge in [-0.3, -0.25) is 4.57 Å². The van der Waals surface area contributed by atoms with E-state index >= 15 is 0 Å². The number of nitrogens with zero attached hydrogens (tertiary/aromatic N) is 3. The number of aromatic nitrogens is 2. The van der Waals surface area contributed by atoms with E-state index < -0.39 is 4.92 Å². The molecule has 3 aromatic rings. The van der Waals surface area contributed by atoms with Crippen molar-refractivity contribution >= 4 is 5.82 Å². The number of hydrogen-bond donors (Lipinski definition) is 0. The third-order valence-electron chi connectivity index (χ3n) is 4.33. The number of imidazole rings is 1. The highest BCUT2D eigenvalue weighted by molar-refractivity contribution is 5.33. The third-order valence-corrected chi connectivity index (χ3v) is 4.33. The molecule has 2 heterocycles. The van der Waals surface area contributed by atoms with Gasteiger partial charge in [0.1, 0.15) is 23.8 Å². The average Bonchev–Trinajstić information content (AvgIpc) is 3.13. The third kappa shape index (κ3) is 4.29. The fraction of sp³-hybridized carbons (Fsp3) is 0.250. The fourth-order valence-electron chi connectivity index (χ4n) is 2.97. The van der Waals surface area contributed by atoms with Gasteiger partial charge in [0.05, 0.1) is 13.2 Å². The Morgan fingerprint density at radius 2 is 2.00 bits per heavy atom. The lowest BCUT2D eigenvalue weighted by molar-refractivity contribution is -0.389. The summed E-state index contributed by atoms with van der Waals surface area (Å²) in [4.78, 5) is 14.2. The van der Waals surface area contributed by atoms with Crippen LogP contribution in [0.5, 0.6) is 17.5 Å². The van der Waals surface area contributed by atoms with E-state index in [9.17, 15) is 10.1 Å². The van der Waals surface area contributed by atoms with E-state index in [0.29, 0.717) is 26.2 Å². The summed E-state index contributed by atoms with van der Waals surface area (Å²) in [5, 5.41) is 10.8. The van der Waals surface area contributed by atoms with Crippen LogP contribution in [0.4, 0.5) is 5.82 Å². The maximum atomic E-state index is 10.8. The molecule has 0 saturated carbocycles. The molecular formula is C20H19N3O5. The number of rotatable bonds is 7. The largest absolute Gasteiger partial charge is 0.457 e. The molecule has 144 valence electrons. The van der Waals surface area contributed by atoms with Crippen LogP contribution in [-0.2, 0) is 17.9 Å². The number of aryl methyl sites for hydroxylation is 1. The molecule has 8 heteroatoms. The Labute approximate surface area is 161 Å². The van der Waals surface area contributed by atoms with E-state index in [-0.39, 0.29) is 17.9 Å². The van der Waals surface area contributed by atoms with Crippen molar-refractivity contribution in [2.75, 3.05) is 6.61 Å². The molecule has 0 spiro atoms. The molecule has 28 heavy (non-hydrogen) atoms. The Balaban J connectivity index is 1.29. The predicted octanol–water partition coefficient (Wildman–Crippen LogP) is 3.95. The molecule has 8 nitrogen and oxygen atoms in total. The second-order valence-corrected chi connectivity index (χ2v) is 6.44. The minimum Gasteiger partial charge on any atom is -0.457 e. The zero-order valence-corrected chi connectivity index (χ0v) is 15.1. The van der Waals surface area contributed by atoms with Gasteiger partial charge in [-0.2, -0.15) is 0 Å². The highest BCUT2D eigenvalue weighted by Gasteiger charge is 2.28. The molecule has 0 radical (unpaired) electrons. The Morgan fingerprint density at radius 3 is 2.82 bits per heavy atom. The van der Waals surface area contributed by atoms with Crippen LogP contribution in [0.1, 0.15) is 12.0 Å². The Hall–Kier alpha value is -3.39. The smallest absolute Gasteiger partial charge is 0.414 e. The summed E-state index contributed by atoms with van der Waals surface area (Å²) in [6, 6.07) is 17.6. The molecule has 1 aromatic heterocycles. The van der Waals surface area contributed by atoms with Gasteiger partial charge < -0.3 is 24.3 Å². The summed E-state index contributed by atoms with van der Waals surface area (Å²) in [6.07, 6.45) is 1.92. The molecule has 0 saturated heterocycles. The van der Waals surface area contributed by atoms with Gasteiger partial charge in [0.15, 0.2) is 0 Å². The van der Waals surface area contributed by atoms with Crippen LogP contribution in [0, 0.1) is 10.1 Å². The molecular weight excluding hydrogens is 362 g/mol. The monoisotopic (exact) mass is 381 g/mol. The maximum Gasteiger partial charge on any atom is 0.414 e. The molecule has 1 aliphatic rings. The zero-order valence-electron chi connectivity index (χ0n) is 15.1. The second-order valence-electron chi connectivity index (χ2n) is 6.44. The zero-order chi connectivity index (χ0) is 19.3. The Kier molecular flexibility index (Phi) is 5.20. The Morgan fingerprint density at radius 1 is 1.18 bits per heavy atom. The Bertz CT molecular complexity index is 957. The molecule has 2 aromatic carbocycles. The van der Waals surface area contributed by atoms with Crippen LogP contribution in [-0.4, -0.2) is 27.2 Å². The van der Waals surface area contributed by atoms with Crippen molar-refractivity contribution in [3.8, 4) is 17.5 Å². The van der Waals surface area contributed by atoms with Gasteiger partial charge in [-0.1, -0.05) is 30.3 Å². The van der Waals surface area contributed by atoms with Gasteiger partial charge in [-0.05, 0) is 34.8 Å². The van der Waals surface area contributed by atoms with Crippen molar-refractivity contribution in [1.82, 2.24) is 9.55 Å². The maximum absolute atomic E-state index is 10.8. The van der Waals surface area contributed by atoms with Gasteiger partial charge in [0, 0.05) is 17.9 Å². The summed E-state index contributed by atoms with van der Waals surface area (Å²) in [5.41, 5.74) is 0.987. The van der Waals surface area contributed by atoms with Gasteiger partial charge in [0.2, 0.25) is 0 Å². The van der Waals surface area contributed by atoms with Crippen LogP contribution < -0.4 is 9.47 Å². The minimum atomic E-state index is -0.523. The number of hydrogen-bond acceptors (Lipinski definition) is 6. The first-order chi connectivity index (χ1) is 13.7. The first-order valence-corrected chi connectivity index (χ1v) is 8.95. The number of ether oxygens (including phenoxy) is 3. The van der Waals surface area contributed by atoms with E-state index in [2.05, 4.69) is 4.98 Å². The molecule has 4 rings (SSSR count). The number of benzene rings is 2. The molecule has 1 aliphatic heterocycles. The van der Waals surface area contributed by atoms with Crippen LogP contribution >= 0.6 is 0 Å². The van der Waals surface area contributed by atoms with Crippen molar-refractivity contribution in [2.45, 2.75) is 25.7 Å². The molecule has 0 bridgehead atoms.